The molecule has 0 aliphatic carbocycles. The van der Waals surface area contributed by atoms with E-state index in [1.807, 2.05) is 18.2 Å². The first kappa shape index (κ1) is 17.3. The lowest BCUT2D eigenvalue weighted by Gasteiger charge is -2.25. The average molecular weight is 318 g/mol. The molecule has 1 amide bonds. The summed E-state index contributed by atoms with van der Waals surface area (Å²) in [5.41, 5.74) is 3.50. The molecule has 0 aliphatic heterocycles. The molecular weight excluding hydrogens is 296 g/mol. The molecule has 0 radical (unpaired) electrons. The minimum absolute atomic E-state index is 0.750. The average Bonchev–Trinajstić information content (AvgIpc) is 2.65. The third kappa shape index (κ3) is 4.99. The van der Waals surface area contributed by atoms with Gasteiger partial charge < -0.3 is 9.80 Å². The molecule has 0 unspecified atom stereocenters. The van der Waals surface area contributed by atoms with Gasteiger partial charge in [-0.1, -0.05) is 54.6 Å². The van der Waals surface area contributed by atoms with Crippen molar-refractivity contribution in [3.8, 4) is 0 Å². The summed E-state index contributed by atoms with van der Waals surface area (Å²) in [6, 6.07) is 31.3. The van der Waals surface area contributed by atoms with Crippen LogP contribution in [-0.2, 0) is 4.79 Å². The number of hydrogen-bond donors (Lipinski definition) is 0. The number of hydrogen-bond acceptors (Lipinski definition) is 2. The molecule has 0 saturated carbocycles. The van der Waals surface area contributed by atoms with Gasteiger partial charge in [0, 0.05) is 31.2 Å². The van der Waals surface area contributed by atoms with Crippen molar-refractivity contribution in [2.45, 2.75) is 0 Å². The molecule has 0 fully saturated rings. The number of rotatable bonds is 4. The summed E-state index contributed by atoms with van der Waals surface area (Å²) in [5.74, 6) is 0. The van der Waals surface area contributed by atoms with Crippen LogP contribution in [0.25, 0.3) is 0 Å². The van der Waals surface area contributed by atoms with Gasteiger partial charge >= 0.3 is 0 Å². The van der Waals surface area contributed by atoms with Crippen molar-refractivity contribution in [1.82, 2.24) is 4.90 Å². The third-order valence-electron chi connectivity index (χ3n) is 3.25. The molecule has 3 nitrogen and oxygen atoms in total. The highest BCUT2D eigenvalue weighted by Gasteiger charge is 2.10. The van der Waals surface area contributed by atoms with E-state index in [4.69, 9.17) is 0 Å². The standard InChI is InChI=1S/C18H15N.C3H7NO/c1-4-10-16(11-5-1)19(17-12-6-2-7-13-17)18-14-8-3-9-15-18;1-4(2)3-5/h1-15H;3H,1-2H3. The molecule has 0 heterocycles. The summed E-state index contributed by atoms with van der Waals surface area (Å²) in [5, 5.41) is 0. The van der Waals surface area contributed by atoms with Crippen LogP contribution in [0.3, 0.4) is 0 Å². The molecule has 0 bridgehead atoms. The van der Waals surface area contributed by atoms with Crippen molar-refractivity contribution in [3.05, 3.63) is 91.0 Å². The van der Waals surface area contributed by atoms with Crippen LogP contribution in [0, 0.1) is 0 Å². The van der Waals surface area contributed by atoms with E-state index in [-0.39, 0.29) is 0 Å². The second-order valence-electron chi connectivity index (χ2n) is 5.41. The molecule has 0 N–H and O–H groups in total. The number of carbonyl (C=O) groups is 1. The van der Waals surface area contributed by atoms with Gasteiger partial charge in [-0.2, -0.15) is 0 Å². The number of benzene rings is 3. The zero-order valence-corrected chi connectivity index (χ0v) is 14.0. The molecule has 3 rings (SSSR count). The lowest BCUT2D eigenvalue weighted by molar-refractivity contribution is -0.115. The molecule has 0 spiro atoms. The Labute approximate surface area is 143 Å². The van der Waals surface area contributed by atoms with Gasteiger partial charge in [0.25, 0.3) is 0 Å². The fourth-order valence-corrected chi connectivity index (χ4v) is 2.18. The molecule has 24 heavy (non-hydrogen) atoms. The summed E-state index contributed by atoms with van der Waals surface area (Å²) < 4.78 is 0. The maximum Gasteiger partial charge on any atom is 0.209 e. The Morgan fingerprint density at radius 2 is 0.833 bits per heavy atom. The summed E-state index contributed by atoms with van der Waals surface area (Å²) >= 11 is 0. The zero-order valence-electron chi connectivity index (χ0n) is 14.0. The van der Waals surface area contributed by atoms with Crippen LogP contribution >= 0.6 is 0 Å². The van der Waals surface area contributed by atoms with Gasteiger partial charge in [0.2, 0.25) is 6.41 Å². The Morgan fingerprint density at radius 1 is 0.583 bits per heavy atom. The number of nitrogens with zero attached hydrogens (tertiary/aromatic N) is 2. The Kier molecular flexibility index (Phi) is 6.59. The molecule has 3 aromatic carbocycles. The SMILES string of the molecule is CN(C)C=O.c1ccc(N(c2ccccc2)c2ccccc2)cc1. The van der Waals surface area contributed by atoms with Gasteiger partial charge in [0.15, 0.2) is 0 Å². The molecule has 3 heteroatoms. The van der Waals surface area contributed by atoms with Gasteiger partial charge in [-0.15, -0.1) is 0 Å². The Hall–Kier alpha value is -3.07. The Balaban J connectivity index is 0.000000368. The van der Waals surface area contributed by atoms with Gasteiger partial charge in [0.1, 0.15) is 0 Å². The van der Waals surface area contributed by atoms with Crippen LogP contribution in [0.1, 0.15) is 0 Å². The maximum atomic E-state index is 9.43. The number of para-hydroxylation sites is 3. The van der Waals surface area contributed by atoms with Gasteiger partial charge in [-0.3, -0.25) is 4.79 Å². The topological polar surface area (TPSA) is 23.6 Å². The van der Waals surface area contributed by atoms with Gasteiger partial charge in [-0.05, 0) is 36.4 Å². The minimum Gasteiger partial charge on any atom is -0.351 e. The smallest absolute Gasteiger partial charge is 0.209 e. The van der Waals surface area contributed by atoms with Crippen molar-refractivity contribution >= 4 is 23.5 Å². The van der Waals surface area contributed by atoms with E-state index in [0.29, 0.717) is 0 Å². The normalized spacial score (nSPS) is 9.42. The van der Waals surface area contributed by atoms with Crippen molar-refractivity contribution < 1.29 is 4.79 Å². The van der Waals surface area contributed by atoms with Crippen LogP contribution in [0.2, 0.25) is 0 Å². The fourth-order valence-electron chi connectivity index (χ4n) is 2.18. The van der Waals surface area contributed by atoms with E-state index < -0.39 is 0 Å². The largest absolute Gasteiger partial charge is 0.351 e. The number of anilines is 3. The summed E-state index contributed by atoms with van der Waals surface area (Å²) in [4.78, 5) is 13.1. The molecule has 0 aliphatic rings. The van der Waals surface area contributed by atoms with Crippen LogP contribution in [0.5, 0.6) is 0 Å². The summed E-state index contributed by atoms with van der Waals surface area (Å²) in [6.07, 6.45) is 0.750. The minimum atomic E-state index is 0.750. The van der Waals surface area contributed by atoms with Crippen LogP contribution < -0.4 is 4.90 Å². The van der Waals surface area contributed by atoms with Crippen LogP contribution in [-0.4, -0.2) is 25.4 Å². The molecule has 122 valence electrons. The fraction of sp³-hybridized carbons (Fsp3) is 0.0952. The lowest BCUT2D eigenvalue weighted by atomic mass is 10.2. The van der Waals surface area contributed by atoms with Gasteiger partial charge in [0.05, 0.1) is 0 Å². The first-order valence-electron chi connectivity index (χ1n) is 7.79. The molecule has 3 aromatic rings. The van der Waals surface area contributed by atoms with Crippen LogP contribution in [0.15, 0.2) is 91.0 Å². The highest BCUT2D eigenvalue weighted by Crippen LogP contribution is 2.33. The number of carbonyl (C=O) groups excluding carboxylic acids is 1. The van der Waals surface area contributed by atoms with E-state index in [1.54, 1.807) is 14.1 Å². The zero-order chi connectivity index (χ0) is 17.2. The second kappa shape index (κ2) is 9.16. The van der Waals surface area contributed by atoms with Gasteiger partial charge in [-0.25, -0.2) is 0 Å². The van der Waals surface area contributed by atoms with E-state index in [1.165, 1.54) is 22.0 Å². The van der Waals surface area contributed by atoms with E-state index in [2.05, 4.69) is 77.7 Å². The molecule has 0 aromatic heterocycles. The first-order valence-corrected chi connectivity index (χ1v) is 7.79. The Bertz CT molecular complexity index is 619. The van der Waals surface area contributed by atoms with Crippen molar-refractivity contribution in [3.63, 3.8) is 0 Å². The quantitative estimate of drug-likeness (QED) is 0.641. The highest BCUT2D eigenvalue weighted by molar-refractivity contribution is 5.76. The van der Waals surface area contributed by atoms with Crippen molar-refractivity contribution in [2.75, 3.05) is 19.0 Å². The van der Waals surface area contributed by atoms with Crippen molar-refractivity contribution in [2.24, 2.45) is 0 Å². The predicted molar refractivity (Wildman–Crippen MR) is 101 cm³/mol. The van der Waals surface area contributed by atoms with E-state index in [0.717, 1.165) is 6.41 Å². The molecule has 0 atom stereocenters. The van der Waals surface area contributed by atoms with E-state index in [9.17, 15) is 4.79 Å². The predicted octanol–water partition coefficient (Wildman–Crippen LogP) is 4.86. The van der Waals surface area contributed by atoms with Crippen LogP contribution in [0.4, 0.5) is 17.1 Å². The molecule has 0 saturated heterocycles. The van der Waals surface area contributed by atoms with Crippen molar-refractivity contribution in [1.29, 1.82) is 0 Å². The monoisotopic (exact) mass is 318 g/mol. The first-order chi connectivity index (χ1) is 11.7. The lowest BCUT2D eigenvalue weighted by Crippen LogP contribution is -2.09. The Morgan fingerprint density at radius 3 is 1.04 bits per heavy atom. The summed E-state index contributed by atoms with van der Waals surface area (Å²) in [6.45, 7) is 0. The molecular formula is C21H22N2O. The highest BCUT2D eigenvalue weighted by atomic mass is 16.1. The third-order valence-corrected chi connectivity index (χ3v) is 3.25. The number of amides is 1. The summed E-state index contributed by atoms with van der Waals surface area (Å²) in [7, 11) is 3.38. The maximum absolute atomic E-state index is 9.43. The van der Waals surface area contributed by atoms with E-state index >= 15 is 0 Å². The second-order valence-corrected chi connectivity index (χ2v) is 5.41.